The molecule has 0 bridgehead atoms. The van der Waals surface area contributed by atoms with Crippen LogP contribution < -0.4 is 0 Å². The van der Waals surface area contributed by atoms with Gasteiger partial charge in [-0.3, -0.25) is 4.79 Å². The molecule has 0 saturated carbocycles. The summed E-state index contributed by atoms with van der Waals surface area (Å²) in [5, 5.41) is 1.20. The number of nitrogens with one attached hydrogen (secondary N) is 1. The van der Waals surface area contributed by atoms with E-state index in [4.69, 9.17) is 0 Å². The summed E-state index contributed by atoms with van der Waals surface area (Å²) in [6, 6.07) is 23.9. The van der Waals surface area contributed by atoms with Crippen molar-refractivity contribution in [3.05, 3.63) is 107 Å². The van der Waals surface area contributed by atoms with Crippen molar-refractivity contribution in [3.8, 4) is 0 Å². The Morgan fingerprint density at radius 3 is 2.57 bits per heavy atom. The number of para-hydroxylation sites is 1. The normalized spacial score (nSPS) is 16.2. The molecule has 5 rings (SSSR count). The van der Waals surface area contributed by atoms with Gasteiger partial charge in [-0.1, -0.05) is 54.6 Å². The summed E-state index contributed by atoms with van der Waals surface area (Å²) in [5.41, 5.74) is 4.80. The van der Waals surface area contributed by atoms with E-state index >= 15 is 0 Å². The van der Waals surface area contributed by atoms with Crippen molar-refractivity contribution >= 4 is 16.8 Å². The minimum atomic E-state index is -0.398. The van der Waals surface area contributed by atoms with E-state index in [0.29, 0.717) is 12.1 Å². The molecule has 1 aliphatic rings. The molecule has 2 heterocycles. The van der Waals surface area contributed by atoms with E-state index < -0.39 is 5.82 Å². The smallest absolute Gasteiger partial charge is 0.254 e. The Morgan fingerprint density at radius 2 is 1.75 bits per heavy atom. The Hall–Kier alpha value is -3.40. The Kier molecular flexibility index (Phi) is 3.97. The zero-order chi connectivity index (χ0) is 19.1. The molecule has 0 fully saturated rings. The van der Waals surface area contributed by atoms with Gasteiger partial charge in [0, 0.05) is 28.7 Å². The maximum atomic E-state index is 13.7. The third-order valence-corrected chi connectivity index (χ3v) is 5.48. The lowest BCUT2D eigenvalue weighted by Gasteiger charge is -2.36. The molecule has 1 atom stereocenters. The SMILES string of the molecule is O=C(c1cccc(F)c1)N1CCc2c([nH]c3ccccc23)[C@@H]1c1ccccc1. The van der Waals surface area contributed by atoms with Gasteiger partial charge >= 0.3 is 0 Å². The number of hydrogen-bond donors (Lipinski definition) is 1. The number of H-pyrrole nitrogens is 1. The number of amides is 1. The molecule has 1 amide bonds. The minimum absolute atomic E-state index is 0.155. The fraction of sp³-hybridized carbons (Fsp3) is 0.125. The van der Waals surface area contributed by atoms with E-state index in [1.54, 1.807) is 12.1 Å². The van der Waals surface area contributed by atoms with Crippen LogP contribution in [0.25, 0.3) is 10.9 Å². The van der Waals surface area contributed by atoms with Gasteiger partial charge in [0.25, 0.3) is 5.91 Å². The Balaban J connectivity index is 1.66. The molecular weight excluding hydrogens is 351 g/mol. The molecule has 0 spiro atoms. The van der Waals surface area contributed by atoms with Crippen molar-refractivity contribution in [2.75, 3.05) is 6.54 Å². The maximum absolute atomic E-state index is 13.7. The van der Waals surface area contributed by atoms with Crippen LogP contribution in [0.1, 0.15) is 33.2 Å². The summed E-state index contributed by atoms with van der Waals surface area (Å²) >= 11 is 0. The van der Waals surface area contributed by atoms with Gasteiger partial charge in [0.15, 0.2) is 0 Å². The number of benzene rings is 3. The second-order valence-electron chi connectivity index (χ2n) is 7.13. The molecule has 0 radical (unpaired) electrons. The maximum Gasteiger partial charge on any atom is 0.254 e. The molecule has 28 heavy (non-hydrogen) atoms. The van der Waals surface area contributed by atoms with Gasteiger partial charge < -0.3 is 9.88 Å². The van der Waals surface area contributed by atoms with Crippen molar-refractivity contribution in [2.24, 2.45) is 0 Å². The molecule has 138 valence electrons. The van der Waals surface area contributed by atoms with Crippen LogP contribution in [-0.2, 0) is 6.42 Å². The van der Waals surface area contributed by atoms with Crippen molar-refractivity contribution < 1.29 is 9.18 Å². The quantitative estimate of drug-likeness (QED) is 0.524. The lowest BCUT2D eigenvalue weighted by molar-refractivity contribution is 0.0691. The molecule has 4 aromatic rings. The third kappa shape index (κ3) is 2.69. The van der Waals surface area contributed by atoms with Crippen molar-refractivity contribution in [1.82, 2.24) is 9.88 Å². The number of hydrogen-bond acceptors (Lipinski definition) is 1. The lowest BCUT2D eigenvalue weighted by atomic mass is 9.91. The van der Waals surface area contributed by atoms with Gasteiger partial charge in [-0.2, -0.15) is 0 Å². The molecule has 3 aromatic carbocycles. The summed E-state index contributed by atoms with van der Waals surface area (Å²) in [5.74, 6) is -0.553. The van der Waals surface area contributed by atoms with Crippen molar-refractivity contribution in [2.45, 2.75) is 12.5 Å². The number of aromatic amines is 1. The van der Waals surface area contributed by atoms with Crippen LogP contribution >= 0.6 is 0 Å². The van der Waals surface area contributed by atoms with Gasteiger partial charge in [0.1, 0.15) is 5.82 Å². The van der Waals surface area contributed by atoms with Gasteiger partial charge in [0.2, 0.25) is 0 Å². The molecule has 0 aliphatic carbocycles. The highest BCUT2D eigenvalue weighted by molar-refractivity contribution is 5.95. The van der Waals surface area contributed by atoms with Crippen LogP contribution in [0.4, 0.5) is 4.39 Å². The highest BCUT2D eigenvalue weighted by Gasteiger charge is 2.34. The van der Waals surface area contributed by atoms with Crippen LogP contribution in [-0.4, -0.2) is 22.3 Å². The van der Waals surface area contributed by atoms with Crippen molar-refractivity contribution in [1.29, 1.82) is 0 Å². The van der Waals surface area contributed by atoms with E-state index in [-0.39, 0.29) is 11.9 Å². The standard InChI is InChI=1S/C24H19FN2O/c25-18-10-6-9-17(15-18)24(28)27-14-13-20-19-11-4-5-12-21(19)26-22(20)23(27)16-7-2-1-3-8-16/h1-12,15,23,26H,13-14H2/t23-/m0/s1. The molecule has 1 aliphatic heterocycles. The second kappa shape index (κ2) is 6.64. The van der Waals surface area contributed by atoms with Gasteiger partial charge in [-0.05, 0) is 41.8 Å². The van der Waals surface area contributed by atoms with Gasteiger partial charge in [-0.15, -0.1) is 0 Å². The van der Waals surface area contributed by atoms with E-state index in [1.807, 2.05) is 47.4 Å². The number of rotatable bonds is 2. The fourth-order valence-corrected chi connectivity index (χ4v) is 4.23. The number of carbonyl (C=O) groups excluding carboxylic acids is 1. The molecule has 1 aromatic heterocycles. The van der Waals surface area contributed by atoms with Crippen LogP contribution in [0.5, 0.6) is 0 Å². The first-order valence-corrected chi connectivity index (χ1v) is 9.43. The first kappa shape index (κ1) is 16.8. The third-order valence-electron chi connectivity index (χ3n) is 5.48. The van der Waals surface area contributed by atoms with Crippen molar-refractivity contribution in [3.63, 3.8) is 0 Å². The Labute approximate surface area is 162 Å². The monoisotopic (exact) mass is 370 g/mol. The van der Waals surface area contributed by atoms with E-state index in [1.165, 1.54) is 23.1 Å². The summed E-state index contributed by atoms with van der Waals surface area (Å²) in [6.45, 7) is 0.587. The van der Waals surface area contributed by atoms with Gasteiger partial charge in [0.05, 0.1) is 6.04 Å². The summed E-state index contributed by atoms with van der Waals surface area (Å²) in [6.07, 6.45) is 0.768. The zero-order valence-corrected chi connectivity index (χ0v) is 15.2. The van der Waals surface area contributed by atoms with E-state index in [0.717, 1.165) is 23.2 Å². The number of aromatic nitrogens is 1. The molecular formula is C24H19FN2O. The van der Waals surface area contributed by atoms with E-state index in [9.17, 15) is 9.18 Å². The first-order valence-electron chi connectivity index (χ1n) is 9.43. The van der Waals surface area contributed by atoms with E-state index in [2.05, 4.69) is 17.1 Å². The summed E-state index contributed by atoms with van der Waals surface area (Å²) in [4.78, 5) is 18.7. The molecule has 0 unspecified atom stereocenters. The van der Waals surface area contributed by atoms with Crippen LogP contribution in [0.2, 0.25) is 0 Å². The number of halogens is 1. The Bertz CT molecular complexity index is 1170. The van der Waals surface area contributed by atoms with Gasteiger partial charge in [-0.25, -0.2) is 4.39 Å². The average Bonchev–Trinajstić information content (AvgIpc) is 3.12. The predicted octanol–water partition coefficient (Wildman–Crippen LogP) is 5.09. The van der Waals surface area contributed by atoms with Crippen LogP contribution in [0.15, 0.2) is 78.9 Å². The fourth-order valence-electron chi connectivity index (χ4n) is 4.23. The largest absolute Gasteiger partial charge is 0.356 e. The highest BCUT2D eigenvalue weighted by atomic mass is 19.1. The zero-order valence-electron chi connectivity index (χ0n) is 15.2. The van der Waals surface area contributed by atoms with Crippen LogP contribution in [0.3, 0.4) is 0 Å². The number of fused-ring (bicyclic) bond motifs is 3. The number of nitrogens with zero attached hydrogens (tertiary/aromatic N) is 1. The molecule has 1 N–H and O–H groups in total. The van der Waals surface area contributed by atoms with Crippen LogP contribution in [0, 0.1) is 5.82 Å². The molecule has 3 nitrogen and oxygen atoms in total. The average molecular weight is 370 g/mol. The minimum Gasteiger partial charge on any atom is -0.356 e. The summed E-state index contributed by atoms with van der Waals surface area (Å²) in [7, 11) is 0. The molecule has 4 heteroatoms. The topological polar surface area (TPSA) is 36.1 Å². The predicted molar refractivity (Wildman–Crippen MR) is 108 cm³/mol. The number of carbonyl (C=O) groups is 1. The first-order chi connectivity index (χ1) is 13.7. The highest BCUT2D eigenvalue weighted by Crippen LogP contribution is 2.39. The summed E-state index contributed by atoms with van der Waals surface area (Å²) < 4.78 is 13.7. The second-order valence-corrected chi connectivity index (χ2v) is 7.13. The molecule has 0 saturated heterocycles. The Morgan fingerprint density at radius 1 is 0.964 bits per heavy atom. The lowest BCUT2D eigenvalue weighted by Crippen LogP contribution is -2.40.